The van der Waals surface area contributed by atoms with E-state index in [1.807, 2.05) is 4.90 Å². The van der Waals surface area contributed by atoms with Crippen molar-refractivity contribution in [3.63, 3.8) is 0 Å². The van der Waals surface area contributed by atoms with Gasteiger partial charge in [-0.3, -0.25) is 4.79 Å². The average molecular weight is 240 g/mol. The summed E-state index contributed by atoms with van der Waals surface area (Å²) in [6.45, 7) is 4.67. The zero-order valence-electron chi connectivity index (χ0n) is 9.40. The van der Waals surface area contributed by atoms with Gasteiger partial charge in [0.2, 0.25) is 10.1 Å². The number of carbonyl (C=O) groups is 1. The third-order valence-corrected chi connectivity index (χ3v) is 3.40. The first-order valence-electron chi connectivity index (χ1n) is 5.68. The molecule has 16 heavy (non-hydrogen) atoms. The van der Waals surface area contributed by atoms with Gasteiger partial charge in [0, 0.05) is 19.6 Å². The largest absolute Gasteiger partial charge is 0.360 e. The number of rotatable bonds is 4. The molecule has 0 aromatic carbocycles. The van der Waals surface area contributed by atoms with Crippen molar-refractivity contribution in [2.24, 2.45) is 0 Å². The Kier molecular flexibility index (Phi) is 3.71. The Morgan fingerprint density at radius 3 is 2.88 bits per heavy atom. The summed E-state index contributed by atoms with van der Waals surface area (Å²) < 4.78 is 0. The fourth-order valence-electron chi connectivity index (χ4n) is 1.67. The molecule has 1 aliphatic rings. The SMILES string of the molecule is CCCNc1nnc(C(=O)N2CCCC2)s1. The summed E-state index contributed by atoms with van der Waals surface area (Å²) in [5.41, 5.74) is 0. The minimum absolute atomic E-state index is 0.0274. The number of aromatic nitrogens is 2. The van der Waals surface area contributed by atoms with E-state index in [0.717, 1.165) is 44.0 Å². The van der Waals surface area contributed by atoms with Crippen LogP contribution in [0, 0.1) is 0 Å². The number of hydrogen-bond acceptors (Lipinski definition) is 5. The molecular formula is C10H16N4OS. The first-order chi connectivity index (χ1) is 7.81. The Hall–Kier alpha value is -1.17. The Morgan fingerprint density at radius 1 is 1.44 bits per heavy atom. The van der Waals surface area contributed by atoms with Crippen LogP contribution in [0.5, 0.6) is 0 Å². The van der Waals surface area contributed by atoms with Gasteiger partial charge >= 0.3 is 0 Å². The minimum Gasteiger partial charge on any atom is -0.360 e. The van der Waals surface area contributed by atoms with Crippen molar-refractivity contribution >= 4 is 22.4 Å². The van der Waals surface area contributed by atoms with E-state index in [4.69, 9.17) is 0 Å². The molecule has 5 nitrogen and oxygen atoms in total. The van der Waals surface area contributed by atoms with Gasteiger partial charge in [-0.05, 0) is 19.3 Å². The summed E-state index contributed by atoms with van der Waals surface area (Å²) in [7, 11) is 0. The van der Waals surface area contributed by atoms with Crippen molar-refractivity contribution < 1.29 is 4.79 Å². The van der Waals surface area contributed by atoms with Gasteiger partial charge in [0.1, 0.15) is 0 Å². The van der Waals surface area contributed by atoms with Crippen molar-refractivity contribution in [2.45, 2.75) is 26.2 Å². The first kappa shape index (κ1) is 11.3. The highest BCUT2D eigenvalue weighted by Gasteiger charge is 2.22. The maximum Gasteiger partial charge on any atom is 0.284 e. The second-order valence-electron chi connectivity index (χ2n) is 3.84. The van der Waals surface area contributed by atoms with Crippen molar-refractivity contribution in [2.75, 3.05) is 25.0 Å². The summed E-state index contributed by atoms with van der Waals surface area (Å²) in [4.78, 5) is 13.8. The lowest BCUT2D eigenvalue weighted by molar-refractivity contribution is 0.0791. The zero-order chi connectivity index (χ0) is 11.4. The molecule has 1 aromatic rings. The van der Waals surface area contributed by atoms with Crippen LogP contribution in [0.1, 0.15) is 36.0 Å². The lowest BCUT2D eigenvalue weighted by Crippen LogP contribution is -2.27. The predicted molar refractivity (Wildman–Crippen MR) is 63.8 cm³/mol. The zero-order valence-corrected chi connectivity index (χ0v) is 10.2. The molecule has 6 heteroatoms. The van der Waals surface area contributed by atoms with Gasteiger partial charge in [-0.25, -0.2) is 0 Å². The van der Waals surface area contributed by atoms with E-state index in [9.17, 15) is 4.79 Å². The van der Waals surface area contributed by atoms with Crippen LogP contribution in [0.4, 0.5) is 5.13 Å². The standard InChI is InChI=1S/C10H16N4OS/c1-2-5-11-10-13-12-8(16-10)9(15)14-6-3-4-7-14/h2-7H2,1H3,(H,11,13). The first-order valence-corrected chi connectivity index (χ1v) is 6.49. The molecule has 0 radical (unpaired) electrons. The molecule has 1 aliphatic heterocycles. The molecular weight excluding hydrogens is 224 g/mol. The molecule has 0 atom stereocenters. The number of nitrogens with one attached hydrogen (secondary N) is 1. The second kappa shape index (κ2) is 5.25. The Balaban J connectivity index is 1.97. The molecule has 1 aromatic heterocycles. The highest BCUT2D eigenvalue weighted by molar-refractivity contribution is 7.17. The predicted octanol–water partition coefficient (Wildman–Crippen LogP) is 1.60. The van der Waals surface area contributed by atoms with Crippen LogP contribution in [0.2, 0.25) is 0 Å². The summed E-state index contributed by atoms with van der Waals surface area (Å²) >= 11 is 1.34. The van der Waals surface area contributed by atoms with Crippen LogP contribution < -0.4 is 5.32 Å². The third-order valence-electron chi connectivity index (χ3n) is 2.53. The van der Waals surface area contributed by atoms with Gasteiger partial charge in [0.05, 0.1) is 0 Å². The highest BCUT2D eigenvalue weighted by atomic mass is 32.1. The molecule has 2 heterocycles. The van der Waals surface area contributed by atoms with Crippen molar-refractivity contribution in [1.82, 2.24) is 15.1 Å². The summed E-state index contributed by atoms with van der Waals surface area (Å²) in [6.07, 6.45) is 3.24. The van der Waals surface area contributed by atoms with Crippen LogP contribution in [-0.4, -0.2) is 40.6 Å². The quantitative estimate of drug-likeness (QED) is 0.868. The Labute approximate surface area is 98.9 Å². The van der Waals surface area contributed by atoms with Crippen LogP contribution in [0.25, 0.3) is 0 Å². The number of hydrogen-bond donors (Lipinski definition) is 1. The Morgan fingerprint density at radius 2 is 2.19 bits per heavy atom. The fraction of sp³-hybridized carbons (Fsp3) is 0.700. The highest BCUT2D eigenvalue weighted by Crippen LogP contribution is 2.19. The summed E-state index contributed by atoms with van der Waals surface area (Å²) in [5, 5.41) is 12.3. The molecule has 0 aliphatic carbocycles. The van der Waals surface area contributed by atoms with E-state index in [-0.39, 0.29) is 5.91 Å². The number of likely N-dealkylation sites (tertiary alicyclic amines) is 1. The fourth-order valence-corrected chi connectivity index (χ4v) is 2.41. The maximum atomic E-state index is 11.9. The van der Waals surface area contributed by atoms with Crippen molar-refractivity contribution in [3.05, 3.63) is 5.01 Å². The molecule has 1 saturated heterocycles. The molecule has 0 unspecified atom stereocenters. The molecule has 1 N–H and O–H groups in total. The van der Waals surface area contributed by atoms with E-state index in [1.54, 1.807) is 0 Å². The van der Waals surface area contributed by atoms with Crippen LogP contribution in [-0.2, 0) is 0 Å². The molecule has 0 spiro atoms. The number of nitrogens with zero attached hydrogens (tertiary/aromatic N) is 3. The molecule has 0 bridgehead atoms. The van der Waals surface area contributed by atoms with E-state index in [2.05, 4.69) is 22.4 Å². The second-order valence-corrected chi connectivity index (χ2v) is 4.82. The summed E-state index contributed by atoms with van der Waals surface area (Å²) in [6, 6.07) is 0. The van der Waals surface area contributed by atoms with Gasteiger partial charge in [-0.1, -0.05) is 18.3 Å². The molecule has 2 rings (SSSR count). The van der Waals surface area contributed by atoms with Gasteiger partial charge in [0.25, 0.3) is 5.91 Å². The van der Waals surface area contributed by atoms with E-state index >= 15 is 0 Å². The topological polar surface area (TPSA) is 58.1 Å². The summed E-state index contributed by atoms with van der Waals surface area (Å²) in [5.74, 6) is 0.0274. The van der Waals surface area contributed by atoms with E-state index < -0.39 is 0 Å². The van der Waals surface area contributed by atoms with E-state index in [0.29, 0.717) is 5.01 Å². The third kappa shape index (κ3) is 2.49. The van der Waals surface area contributed by atoms with E-state index in [1.165, 1.54) is 11.3 Å². The van der Waals surface area contributed by atoms with Crippen LogP contribution in [0.15, 0.2) is 0 Å². The molecule has 0 saturated carbocycles. The van der Waals surface area contributed by atoms with Gasteiger partial charge in [0.15, 0.2) is 0 Å². The maximum absolute atomic E-state index is 11.9. The normalized spacial score (nSPS) is 15.4. The molecule has 1 amide bonds. The number of carbonyl (C=O) groups excluding carboxylic acids is 1. The van der Waals surface area contributed by atoms with Crippen LogP contribution >= 0.6 is 11.3 Å². The lowest BCUT2D eigenvalue weighted by Gasteiger charge is -2.11. The van der Waals surface area contributed by atoms with Gasteiger partial charge in [-0.2, -0.15) is 0 Å². The smallest absolute Gasteiger partial charge is 0.284 e. The minimum atomic E-state index is 0.0274. The number of anilines is 1. The molecule has 88 valence electrons. The lowest BCUT2D eigenvalue weighted by atomic mass is 10.4. The van der Waals surface area contributed by atoms with Gasteiger partial charge < -0.3 is 10.2 Å². The number of amides is 1. The van der Waals surface area contributed by atoms with Crippen molar-refractivity contribution in [1.29, 1.82) is 0 Å². The Bertz CT molecular complexity index is 359. The average Bonchev–Trinajstić information content (AvgIpc) is 2.96. The van der Waals surface area contributed by atoms with Crippen molar-refractivity contribution in [3.8, 4) is 0 Å². The van der Waals surface area contributed by atoms with Crippen LogP contribution in [0.3, 0.4) is 0 Å². The van der Waals surface area contributed by atoms with Gasteiger partial charge in [-0.15, -0.1) is 10.2 Å². The molecule has 1 fully saturated rings. The monoisotopic (exact) mass is 240 g/mol.